The van der Waals surface area contributed by atoms with Gasteiger partial charge < -0.3 is 9.30 Å². The molecule has 1 amide bonds. The molecule has 142 valence electrons. The molecule has 0 saturated heterocycles. The lowest BCUT2D eigenvalue weighted by Gasteiger charge is -2.04. The summed E-state index contributed by atoms with van der Waals surface area (Å²) >= 11 is 0.894. The van der Waals surface area contributed by atoms with Crippen molar-refractivity contribution in [2.75, 3.05) is 7.11 Å². The molecule has 0 saturated carbocycles. The van der Waals surface area contributed by atoms with E-state index in [1.54, 1.807) is 10.9 Å². The fourth-order valence-corrected chi connectivity index (χ4v) is 3.51. The first-order valence-electron chi connectivity index (χ1n) is 7.99. The topological polar surface area (TPSA) is 78.5 Å². The van der Waals surface area contributed by atoms with E-state index >= 15 is 0 Å². The number of hydrogen-bond donors (Lipinski definition) is 0. The third kappa shape index (κ3) is 3.80. The Hall–Kier alpha value is -2.88. The number of hydrogen-bond acceptors (Lipinski definition) is 5. The molecule has 0 aliphatic carbocycles. The van der Waals surface area contributed by atoms with Crippen LogP contribution in [0.4, 0.5) is 8.78 Å². The second kappa shape index (κ2) is 7.39. The second-order valence-corrected chi connectivity index (χ2v) is 6.98. The average Bonchev–Trinajstić information content (AvgIpc) is 3.20. The van der Waals surface area contributed by atoms with Crippen molar-refractivity contribution in [3.63, 3.8) is 0 Å². The first kappa shape index (κ1) is 18.9. The maximum atomic E-state index is 14.3. The fourth-order valence-electron chi connectivity index (χ4n) is 2.44. The smallest absolute Gasteiger partial charge is 0.325 e. The molecule has 2 aromatic heterocycles. The average molecular weight is 394 g/mol. The molecule has 3 aromatic rings. The number of ether oxygens (including phenoxy) is 1. The Kier molecular flexibility index (Phi) is 5.17. The normalized spacial score (nSPS) is 12.1. The van der Waals surface area contributed by atoms with E-state index in [4.69, 9.17) is 0 Å². The quantitative estimate of drug-likeness (QED) is 0.638. The molecule has 0 bridgehead atoms. The maximum Gasteiger partial charge on any atom is 0.325 e. The highest BCUT2D eigenvalue weighted by atomic mass is 32.1. The molecule has 3 rings (SSSR count). The van der Waals surface area contributed by atoms with Gasteiger partial charge in [-0.1, -0.05) is 11.3 Å². The van der Waals surface area contributed by atoms with Crippen molar-refractivity contribution in [1.82, 2.24) is 14.3 Å². The number of rotatable bonds is 4. The number of benzene rings is 1. The summed E-state index contributed by atoms with van der Waals surface area (Å²) in [6, 6.07) is 3.41. The summed E-state index contributed by atoms with van der Waals surface area (Å²) < 4.78 is 35.4. The number of carbonyl (C=O) groups excluding carboxylic acids is 2. The number of nitrogens with zero attached hydrogens (tertiary/aromatic N) is 4. The molecular weight excluding hydrogens is 378 g/mol. The molecule has 0 radical (unpaired) electrons. The van der Waals surface area contributed by atoms with E-state index in [0.29, 0.717) is 6.07 Å². The van der Waals surface area contributed by atoms with Crippen molar-refractivity contribution in [3.05, 3.63) is 46.5 Å². The highest BCUT2D eigenvalue weighted by Gasteiger charge is 2.17. The summed E-state index contributed by atoms with van der Waals surface area (Å²) in [5, 5.41) is 4.14. The monoisotopic (exact) mass is 394 g/mol. The van der Waals surface area contributed by atoms with Crippen molar-refractivity contribution < 1.29 is 23.1 Å². The molecule has 27 heavy (non-hydrogen) atoms. The molecule has 0 aliphatic rings. The molecule has 0 spiro atoms. The highest BCUT2D eigenvalue weighted by Crippen LogP contribution is 2.22. The predicted octanol–water partition coefficient (Wildman–Crippen LogP) is 2.67. The van der Waals surface area contributed by atoms with Crippen LogP contribution in [0.15, 0.2) is 29.4 Å². The molecular formula is C17H16F2N4O3S. The molecule has 0 N–H and O–H groups in total. The Morgan fingerprint density at radius 3 is 2.70 bits per heavy atom. The number of aromatic nitrogens is 3. The van der Waals surface area contributed by atoms with E-state index in [0.717, 1.165) is 17.4 Å². The Balaban J connectivity index is 2.15. The van der Waals surface area contributed by atoms with Gasteiger partial charge in [0.1, 0.15) is 12.4 Å². The van der Waals surface area contributed by atoms with Gasteiger partial charge in [-0.2, -0.15) is 10.1 Å². The Bertz CT molecular complexity index is 1100. The number of esters is 1. The van der Waals surface area contributed by atoms with Crippen molar-refractivity contribution in [3.8, 4) is 0 Å². The van der Waals surface area contributed by atoms with Gasteiger partial charge in [0.15, 0.2) is 16.3 Å². The van der Waals surface area contributed by atoms with Crippen molar-refractivity contribution in [2.24, 2.45) is 4.99 Å². The number of carbonyl (C=O) groups is 2. The van der Waals surface area contributed by atoms with E-state index in [1.807, 2.05) is 13.8 Å². The van der Waals surface area contributed by atoms with Gasteiger partial charge in [0.25, 0.3) is 5.91 Å². The first-order chi connectivity index (χ1) is 12.8. The minimum atomic E-state index is -0.858. The zero-order valence-electron chi connectivity index (χ0n) is 14.8. The third-order valence-corrected chi connectivity index (χ3v) is 4.79. The molecule has 0 unspecified atom stereocenters. The SMILES string of the molecule is COC(=O)Cn1c(=NC(=O)c2ccn(C(C)C)n2)sc2cc(F)cc(F)c21. The van der Waals surface area contributed by atoms with E-state index in [-0.39, 0.29) is 33.3 Å². The summed E-state index contributed by atoms with van der Waals surface area (Å²) in [5.41, 5.74) is 0.0866. The van der Waals surface area contributed by atoms with Crippen molar-refractivity contribution in [1.29, 1.82) is 0 Å². The van der Waals surface area contributed by atoms with Gasteiger partial charge in [0.2, 0.25) is 0 Å². The molecule has 0 atom stereocenters. The predicted molar refractivity (Wildman–Crippen MR) is 94.3 cm³/mol. The van der Waals surface area contributed by atoms with Crippen LogP contribution in [0.3, 0.4) is 0 Å². The van der Waals surface area contributed by atoms with Gasteiger partial charge in [-0.05, 0) is 26.0 Å². The Morgan fingerprint density at radius 1 is 1.33 bits per heavy atom. The van der Waals surface area contributed by atoms with Crippen LogP contribution in [0.2, 0.25) is 0 Å². The van der Waals surface area contributed by atoms with Gasteiger partial charge in [-0.15, -0.1) is 0 Å². The zero-order valence-corrected chi connectivity index (χ0v) is 15.6. The standard InChI is InChI=1S/C17H16F2N4O3S/c1-9(2)23-5-4-12(21-23)16(25)20-17-22(8-14(24)26-3)15-11(19)6-10(18)7-13(15)27-17/h4-7,9H,8H2,1-3H3. The Morgan fingerprint density at radius 2 is 2.07 bits per heavy atom. The van der Waals surface area contributed by atoms with Gasteiger partial charge in [0.05, 0.1) is 17.3 Å². The van der Waals surface area contributed by atoms with Gasteiger partial charge in [-0.25, -0.2) is 8.78 Å². The Labute approximate surface area is 156 Å². The van der Waals surface area contributed by atoms with Crippen molar-refractivity contribution >= 4 is 33.4 Å². The van der Waals surface area contributed by atoms with Crippen molar-refractivity contribution in [2.45, 2.75) is 26.4 Å². The molecule has 10 heteroatoms. The summed E-state index contributed by atoms with van der Waals surface area (Å²) in [6.45, 7) is 3.45. The van der Waals surface area contributed by atoms with Gasteiger partial charge >= 0.3 is 5.97 Å². The first-order valence-corrected chi connectivity index (χ1v) is 8.81. The maximum absolute atomic E-state index is 14.3. The number of fused-ring (bicyclic) bond motifs is 1. The number of amides is 1. The summed E-state index contributed by atoms with van der Waals surface area (Å²) in [4.78, 5) is 28.2. The van der Waals surface area contributed by atoms with E-state index < -0.39 is 23.5 Å². The lowest BCUT2D eigenvalue weighted by Crippen LogP contribution is -2.23. The molecule has 2 heterocycles. The van der Waals surface area contributed by atoms with Gasteiger partial charge in [0, 0.05) is 18.3 Å². The third-order valence-electron chi connectivity index (χ3n) is 3.76. The van der Waals surface area contributed by atoms with Crippen LogP contribution in [-0.2, 0) is 16.1 Å². The summed E-state index contributed by atoms with van der Waals surface area (Å²) in [6.07, 6.45) is 1.65. The number of halogens is 2. The molecule has 0 fully saturated rings. The number of methoxy groups -OCH3 is 1. The van der Waals surface area contributed by atoms with Crippen LogP contribution < -0.4 is 4.80 Å². The van der Waals surface area contributed by atoms with E-state index in [2.05, 4.69) is 14.8 Å². The minimum Gasteiger partial charge on any atom is -0.468 e. The van der Waals surface area contributed by atoms with E-state index in [9.17, 15) is 18.4 Å². The van der Waals surface area contributed by atoms with Crippen LogP contribution in [0.1, 0.15) is 30.4 Å². The van der Waals surface area contributed by atoms with Crippen LogP contribution >= 0.6 is 11.3 Å². The number of thiazole rings is 1. The zero-order chi connectivity index (χ0) is 19.7. The minimum absolute atomic E-state index is 0.0222. The second-order valence-electron chi connectivity index (χ2n) is 5.97. The van der Waals surface area contributed by atoms with Crippen LogP contribution in [0.5, 0.6) is 0 Å². The summed E-state index contributed by atoms with van der Waals surface area (Å²) in [5.74, 6) is -2.93. The van der Waals surface area contributed by atoms with Crippen LogP contribution in [-0.4, -0.2) is 33.3 Å². The van der Waals surface area contributed by atoms with Gasteiger partial charge in [-0.3, -0.25) is 14.3 Å². The van der Waals surface area contributed by atoms with E-state index in [1.165, 1.54) is 17.7 Å². The molecule has 0 aliphatic heterocycles. The summed E-state index contributed by atoms with van der Waals surface area (Å²) in [7, 11) is 1.19. The fraction of sp³-hybridized carbons (Fsp3) is 0.294. The largest absolute Gasteiger partial charge is 0.468 e. The molecule has 7 nitrogen and oxygen atoms in total. The lowest BCUT2D eigenvalue weighted by atomic mass is 10.3. The van der Waals surface area contributed by atoms with Crippen LogP contribution in [0, 0.1) is 11.6 Å². The lowest BCUT2D eigenvalue weighted by molar-refractivity contribution is -0.141. The van der Waals surface area contributed by atoms with Crippen LogP contribution in [0.25, 0.3) is 10.2 Å². The molecule has 1 aromatic carbocycles. The highest BCUT2D eigenvalue weighted by molar-refractivity contribution is 7.16.